The lowest BCUT2D eigenvalue weighted by Gasteiger charge is -2.51. The zero-order valence-electron chi connectivity index (χ0n) is 13.9. The summed E-state index contributed by atoms with van der Waals surface area (Å²) in [6.07, 6.45) is -3.69. The van der Waals surface area contributed by atoms with Crippen LogP contribution in [0.5, 0.6) is 0 Å². The van der Waals surface area contributed by atoms with Crippen molar-refractivity contribution < 1.29 is 18.0 Å². The summed E-state index contributed by atoms with van der Waals surface area (Å²) in [5.41, 5.74) is 1.99. The van der Waals surface area contributed by atoms with Crippen LogP contribution in [-0.2, 0) is 0 Å². The number of carbonyl (C=O) groups is 1. The number of hydrogen-bond acceptors (Lipinski definition) is 3. The molecule has 0 bridgehead atoms. The van der Waals surface area contributed by atoms with Gasteiger partial charge in [0.15, 0.2) is 0 Å². The molecule has 2 aliphatic rings. The Morgan fingerprint density at radius 2 is 1.92 bits per heavy atom. The van der Waals surface area contributed by atoms with E-state index in [1.807, 2.05) is 30.0 Å². The quantitative estimate of drug-likeness (QED) is 0.897. The molecule has 24 heavy (non-hydrogen) atoms. The van der Waals surface area contributed by atoms with Crippen LogP contribution in [-0.4, -0.2) is 54.2 Å². The minimum atomic E-state index is -4.12. The zero-order valence-corrected chi connectivity index (χ0v) is 13.9. The lowest BCUT2D eigenvalue weighted by atomic mass is 9.90. The molecule has 0 saturated carbocycles. The SMILES string of the molecule is Cc1ccc2c(c1)C(=O)N(C)C1(CCN(CCC(F)(F)F)CC1)N2. The third-order valence-corrected chi connectivity index (χ3v) is 5.11. The molecule has 2 aliphatic heterocycles. The molecule has 0 atom stereocenters. The van der Waals surface area contributed by atoms with E-state index >= 15 is 0 Å². The van der Waals surface area contributed by atoms with Crippen molar-refractivity contribution in [3.8, 4) is 0 Å². The van der Waals surface area contributed by atoms with E-state index in [2.05, 4.69) is 5.32 Å². The highest BCUT2D eigenvalue weighted by Gasteiger charge is 2.44. The number of nitrogens with zero attached hydrogens (tertiary/aromatic N) is 2. The van der Waals surface area contributed by atoms with Crippen molar-refractivity contribution in [1.82, 2.24) is 9.80 Å². The van der Waals surface area contributed by atoms with E-state index in [1.165, 1.54) is 0 Å². The van der Waals surface area contributed by atoms with Gasteiger partial charge in [0.05, 0.1) is 12.0 Å². The van der Waals surface area contributed by atoms with Crippen molar-refractivity contribution >= 4 is 11.6 Å². The second-order valence-corrected chi connectivity index (χ2v) is 6.78. The van der Waals surface area contributed by atoms with Crippen LogP contribution in [0.1, 0.15) is 35.2 Å². The van der Waals surface area contributed by atoms with E-state index in [1.54, 1.807) is 11.9 Å². The molecule has 1 fully saturated rings. The van der Waals surface area contributed by atoms with Gasteiger partial charge in [-0.1, -0.05) is 11.6 Å². The molecule has 0 radical (unpaired) electrons. The zero-order chi connectivity index (χ0) is 17.5. The molecule has 1 amide bonds. The van der Waals surface area contributed by atoms with E-state index in [0.29, 0.717) is 31.5 Å². The molecule has 0 unspecified atom stereocenters. The van der Waals surface area contributed by atoms with E-state index in [9.17, 15) is 18.0 Å². The van der Waals surface area contributed by atoms with E-state index in [-0.39, 0.29) is 12.5 Å². The molecule has 1 aromatic rings. The fourth-order valence-electron chi connectivity index (χ4n) is 3.55. The van der Waals surface area contributed by atoms with Gasteiger partial charge in [-0.15, -0.1) is 0 Å². The van der Waals surface area contributed by atoms with Gasteiger partial charge in [0, 0.05) is 45.2 Å². The number of aryl methyl sites for hydroxylation is 1. The maximum absolute atomic E-state index is 12.7. The van der Waals surface area contributed by atoms with Crippen LogP contribution in [0.15, 0.2) is 18.2 Å². The highest BCUT2D eigenvalue weighted by molar-refractivity contribution is 6.02. The number of rotatable bonds is 2. The van der Waals surface area contributed by atoms with Gasteiger partial charge in [0.25, 0.3) is 5.91 Å². The van der Waals surface area contributed by atoms with Gasteiger partial charge < -0.3 is 15.1 Å². The average Bonchev–Trinajstić information content (AvgIpc) is 2.53. The van der Waals surface area contributed by atoms with E-state index < -0.39 is 18.3 Å². The number of anilines is 1. The first-order valence-corrected chi connectivity index (χ1v) is 8.16. The first-order chi connectivity index (χ1) is 11.2. The maximum Gasteiger partial charge on any atom is 0.390 e. The number of amides is 1. The predicted octanol–water partition coefficient (Wildman–Crippen LogP) is 3.24. The maximum atomic E-state index is 12.7. The minimum absolute atomic E-state index is 0.0209. The van der Waals surface area contributed by atoms with Crippen molar-refractivity contribution in [1.29, 1.82) is 0 Å². The van der Waals surface area contributed by atoms with Gasteiger partial charge in [0.1, 0.15) is 5.66 Å². The standard InChI is InChI=1S/C17H22F3N3O/c1-12-3-4-14-13(11-12)15(24)22(2)16(21-14)5-8-23(9-6-16)10-7-17(18,19)20/h3-4,11,21H,5-10H2,1-2H3. The number of halogens is 3. The van der Waals surface area contributed by atoms with Crippen molar-refractivity contribution in [2.75, 3.05) is 32.0 Å². The number of alkyl halides is 3. The number of likely N-dealkylation sites (tertiary alicyclic amines) is 1. The van der Waals surface area contributed by atoms with Gasteiger partial charge >= 0.3 is 6.18 Å². The van der Waals surface area contributed by atoms with Crippen LogP contribution in [0.2, 0.25) is 0 Å². The highest BCUT2D eigenvalue weighted by Crippen LogP contribution is 2.37. The second-order valence-electron chi connectivity index (χ2n) is 6.78. The van der Waals surface area contributed by atoms with Crippen LogP contribution >= 0.6 is 0 Å². The fourth-order valence-corrected chi connectivity index (χ4v) is 3.55. The third kappa shape index (κ3) is 3.22. The Bertz CT molecular complexity index is 636. The van der Waals surface area contributed by atoms with Gasteiger partial charge in [0.2, 0.25) is 0 Å². The molecule has 3 rings (SSSR count). The highest BCUT2D eigenvalue weighted by atomic mass is 19.4. The predicted molar refractivity (Wildman–Crippen MR) is 86.0 cm³/mol. The lowest BCUT2D eigenvalue weighted by molar-refractivity contribution is -0.138. The molecule has 0 aromatic heterocycles. The Morgan fingerprint density at radius 1 is 1.25 bits per heavy atom. The van der Waals surface area contributed by atoms with Crippen molar-refractivity contribution in [2.24, 2.45) is 0 Å². The molecule has 1 N–H and O–H groups in total. The summed E-state index contributed by atoms with van der Waals surface area (Å²) in [4.78, 5) is 16.2. The van der Waals surface area contributed by atoms with Crippen LogP contribution < -0.4 is 5.32 Å². The molecule has 2 heterocycles. The third-order valence-electron chi connectivity index (χ3n) is 5.11. The molecule has 4 nitrogen and oxygen atoms in total. The molecule has 132 valence electrons. The fraction of sp³-hybridized carbons (Fsp3) is 0.588. The Labute approximate surface area is 139 Å². The molecular weight excluding hydrogens is 319 g/mol. The largest absolute Gasteiger partial charge is 0.390 e. The Kier molecular flexibility index (Phi) is 4.23. The number of nitrogens with one attached hydrogen (secondary N) is 1. The second kappa shape index (κ2) is 5.95. The average molecular weight is 341 g/mol. The summed E-state index contributed by atoms with van der Waals surface area (Å²) in [5.74, 6) is -0.0313. The van der Waals surface area contributed by atoms with Crippen LogP contribution in [0, 0.1) is 6.92 Å². The first kappa shape index (κ1) is 17.1. The minimum Gasteiger partial charge on any atom is -0.362 e. The molecule has 1 saturated heterocycles. The van der Waals surface area contributed by atoms with Crippen LogP contribution in [0.3, 0.4) is 0 Å². The lowest BCUT2D eigenvalue weighted by Crippen LogP contribution is -2.62. The summed E-state index contributed by atoms with van der Waals surface area (Å²) in [6, 6.07) is 5.73. The Morgan fingerprint density at radius 3 is 2.54 bits per heavy atom. The summed E-state index contributed by atoms with van der Waals surface area (Å²) in [6.45, 7) is 3.05. The van der Waals surface area contributed by atoms with Gasteiger partial charge in [-0.05, 0) is 19.1 Å². The summed E-state index contributed by atoms with van der Waals surface area (Å²) < 4.78 is 37.1. The number of carbonyl (C=O) groups excluding carboxylic acids is 1. The van der Waals surface area contributed by atoms with Gasteiger partial charge in [-0.2, -0.15) is 13.2 Å². The number of fused-ring (bicyclic) bond motifs is 1. The Hall–Kier alpha value is -1.76. The topological polar surface area (TPSA) is 35.6 Å². The molecule has 1 aromatic carbocycles. The summed E-state index contributed by atoms with van der Waals surface area (Å²) in [5, 5.41) is 3.47. The number of benzene rings is 1. The first-order valence-electron chi connectivity index (χ1n) is 8.16. The van der Waals surface area contributed by atoms with Crippen LogP contribution in [0.4, 0.5) is 18.9 Å². The molecule has 1 spiro atoms. The monoisotopic (exact) mass is 341 g/mol. The summed E-state index contributed by atoms with van der Waals surface area (Å²) in [7, 11) is 1.77. The van der Waals surface area contributed by atoms with Crippen molar-refractivity contribution in [3.05, 3.63) is 29.3 Å². The van der Waals surface area contributed by atoms with E-state index in [0.717, 1.165) is 11.3 Å². The van der Waals surface area contributed by atoms with Gasteiger partial charge in [-0.25, -0.2) is 0 Å². The number of piperidine rings is 1. The molecular formula is C17H22F3N3O. The normalized spacial score (nSPS) is 20.9. The molecule has 7 heteroatoms. The van der Waals surface area contributed by atoms with Crippen molar-refractivity contribution in [2.45, 2.75) is 38.0 Å². The van der Waals surface area contributed by atoms with E-state index in [4.69, 9.17) is 0 Å². The summed E-state index contributed by atoms with van der Waals surface area (Å²) >= 11 is 0. The smallest absolute Gasteiger partial charge is 0.362 e. The van der Waals surface area contributed by atoms with Crippen molar-refractivity contribution in [3.63, 3.8) is 0 Å². The van der Waals surface area contributed by atoms with Crippen LogP contribution in [0.25, 0.3) is 0 Å². The molecule has 0 aliphatic carbocycles. The Balaban J connectivity index is 1.72. The number of hydrogen-bond donors (Lipinski definition) is 1. The van der Waals surface area contributed by atoms with Gasteiger partial charge in [-0.3, -0.25) is 4.79 Å².